The van der Waals surface area contributed by atoms with Gasteiger partial charge in [0, 0.05) is 19.8 Å². The molecular formula is C12H15BrO3. The molecule has 0 heterocycles. The second-order valence-electron chi connectivity index (χ2n) is 3.36. The maximum atomic E-state index is 11.4. The van der Waals surface area contributed by atoms with Gasteiger partial charge >= 0.3 is 0 Å². The standard InChI is InChI=1S/C12H15BrO3/c1-15-8-12(16-2)10-5-3-9(4-6-10)11(14)7-13/h3-6,12H,7-8H2,1-2H3/t12-/m1/s1. The summed E-state index contributed by atoms with van der Waals surface area (Å²) in [5.41, 5.74) is 1.71. The molecule has 1 rings (SSSR count). The Labute approximate surface area is 104 Å². The number of carbonyl (C=O) groups excluding carboxylic acids is 1. The molecule has 0 aromatic heterocycles. The van der Waals surface area contributed by atoms with Crippen LogP contribution in [0.3, 0.4) is 0 Å². The summed E-state index contributed by atoms with van der Waals surface area (Å²) in [7, 11) is 3.27. The lowest BCUT2D eigenvalue weighted by molar-refractivity contribution is 0.0275. The van der Waals surface area contributed by atoms with Crippen LogP contribution in [0.15, 0.2) is 24.3 Å². The van der Waals surface area contributed by atoms with Gasteiger partial charge in [0.1, 0.15) is 6.10 Å². The number of hydrogen-bond donors (Lipinski definition) is 0. The van der Waals surface area contributed by atoms with Crippen molar-refractivity contribution in [3.63, 3.8) is 0 Å². The molecule has 0 spiro atoms. The number of ether oxygens (including phenoxy) is 2. The third-order valence-corrected chi connectivity index (χ3v) is 2.84. The quantitative estimate of drug-likeness (QED) is 0.596. The molecule has 0 aliphatic carbocycles. The Morgan fingerprint density at radius 3 is 2.38 bits per heavy atom. The van der Waals surface area contributed by atoms with Crippen LogP contribution in [0.1, 0.15) is 22.0 Å². The molecule has 0 radical (unpaired) electrons. The van der Waals surface area contributed by atoms with E-state index in [4.69, 9.17) is 9.47 Å². The van der Waals surface area contributed by atoms with Gasteiger partial charge in [-0.25, -0.2) is 0 Å². The highest BCUT2D eigenvalue weighted by molar-refractivity contribution is 9.09. The van der Waals surface area contributed by atoms with E-state index >= 15 is 0 Å². The summed E-state index contributed by atoms with van der Waals surface area (Å²) in [6.45, 7) is 0.502. The molecule has 0 aliphatic rings. The van der Waals surface area contributed by atoms with Gasteiger partial charge in [-0.05, 0) is 5.56 Å². The summed E-state index contributed by atoms with van der Waals surface area (Å²) in [5.74, 6) is 0.0762. The third kappa shape index (κ3) is 3.40. The number of halogens is 1. The molecule has 0 fully saturated rings. The normalized spacial score (nSPS) is 12.4. The summed E-state index contributed by atoms with van der Waals surface area (Å²) in [5, 5.41) is 0.345. The minimum Gasteiger partial charge on any atom is -0.382 e. The smallest absolute Gasteiger partial charge is 0.173 e. The minimum absolute atomic E-state index is 0.0762. The van der Waals surface area contributed by atoms with Crippen molar-refractivity contribution in [2.45, 2.75) is 6.10 Å². The highest BCUT2D eigenvalue weighted by Gasteiger charge is 2.11. The Bertz CT molecular complexity index is 335. The van der Waals surface area contributed by atoms with E-state index in [9.17, 15) is 4.79 Å². The minimum atomic E-state index is -0.0851. The molecule has 0 aliphatic heterocycles. The number of methoxy groups -OCH3 is 2. The molecule has 88 valence electrons. The maximum Gasteiger partial charge on any atom is 0.173 e. The summed E-state index contributed by atoms with van der Waals surface area (Å²) in [6, 6.07) is 7.40. The monoisotopic (exact) mass is 286 g/mol. The fourth-order valence-corrected chi connectivity index (χ4v) is 1.74. The van der Waals surface area contributed by atoms with E-state index < -0.39 is 0 Å². The Morgan fingerprint density at radius 2 is 1.94 bits per heavy atom. The molecule has 1 aromatic rings. The van der Waals surface area contributed by atoms with Crippen molar-refractivity contribution in [1.29, 1.82) is 0 Å². The number of ketones is 1. The zero-order chi connectivity index (χ0) is 12.0. The van der Waals surface area contributed by atoms with Crippen molar-refractivity contribution in [3.8, 4) is 0 Å². The fraction of sp³-hybridized carbons (Fsp3) is 0.417. The summed E-state index contributed by atoms with van der Waals surface area (Å²) < 4.78 is 10.3. The van der Waals surface area contributed by atoms with Crippen LogP contribution in [0.5, 0.6) is 0 Å². The molecule has 0 saturated carbocycles. The van der Waals surface area contributed by atoms with E-state index in [1.165, 1.54) is 0 Å². The SMILES string of the molecule is COC[C@@H](OC)c1ccc(C(=O)CBr)cc1. The van der Waals surface area contributed by atoms with Crippen LogP contribution in [0, 0.1) is 0 Å². The first-order valence-corrected chi connectivity index (χ1v) is 6.06. The lowest BCUT2D eigenvalue weighted by atomic mass is 10.1. The molecule has 16 heavy (non-hydrogen) atoms. The Balaban J connectivity index is 2.80. The van der Waals surface area contributed by atoms with E-state index in [0.717, 1.165) is 5.56 Å². The van der Waals surface area contributed by atoms with Crippen LogP contribution < -0.4 is 0 Å². The second-order valence-corrected chi connectivity index (χ2v) is 3.92. The molecule has 4 heteroatoms. The van der Waals surface area contributed by atoms with Gasteiger partial charge in [0.25, 0.3) is 0 Å². The van der Waals surface area contributed by atoms with Crippen LogP contribution in [-0.4, -0.2) is 31.9 Å². The van der Waals surface area contributed by atoms with E-state index in [1.807, 2.05) is 12.1 Å². The Kier molecular flexibility index (Phi) is 5.66. The van der Waals surface area contributed by atoms with Gasteiger partial charge in [-0.15, -0.1) is 0 Å². The van der Waals surface area contributed by atoms with Crippen molar-refractivity contribution in [3.05, 3.63) is 35.4 Å². The number of Topliss-reactive ketones (excluding diaryl/α,β-unsaturated/α-hetero) is 1. The number of hydrogen-bond acceptors (Lipinski definition) is 3. The highest BCUT2D eigenvalue weighted by atomic mass is 79.9. The van der Waals surface area contributed by atoms with Crippen LogP contribution in [0.2, 0.25) is 0 Å². The molecule has 3 nitrogen and oxygen atoms in total. The van der Waals surface area contributed by atoms with Crippen LogP contribution in [0.4, 0.5) is 0 Å². The van der Waals surface area contributed by atoms with Gasteiger partial charge < -0.3 is 9.47 Å². The van der Waals surface area contributed by atoms with Gasteiger partial charge in [-0.3, -0.25) is 4.79 Å². The lowest BCUT2D eigenvalue weighted by Crippen LogP contribution is -2.09. The van der Waals surface area contributed by atoms with Gasteiger partial charge in [-0.1, -0.05) is 40.2 Å². The molecule has 0 saturated heterocycles. The van der Waals surface area contributed by atoms with Crippen LogP contribution >= 0.6 is 15.9 Å². The molecular weight excluding hydrogens is 272 g/mol. The lowest BCUT2D eigenvalue weighted by Gasteiger charge is -2.14. The van der Waals surface area contributed by atoms with E-state index in [-0.39, 0.29) is 11.9 Å². The first-order valence-electron chi connectivity index (χ1n) is 4.93. The van der Waals surface area contributed by atoms with Gasteiger partial charge in [0.2, 0.25) is 0 Å². The van der Waals surface area contributed by atoms with E-state index in [2.05, 4.69) is 15.9 Å². The molecule has 0 amide bonds. The Hall–Kier alpha value is -0.710. The predicted octanol–water partition coefficient (Wildman–Crippen LogP) is 2.60. The molecule has 0 bridgehead atoms. The first-order chi connectivity index (χ1) is 7.72. The molecule has 1 atom stereocenters. The summed E-state index contributed by atoms with van der Waals surface area (Å²) in [4.78, 5) is 11.4. The average Bonchev–Trinajstić information content (AvgIpc) is 2.35. The number of rotatable bonds is 6. The largest absolute Gasteiger partial charge is 0.382 e. The third-order valence-electron chi connectivity index (χ3n) is 2.33. The van der Waals surface area contributed by atoms with E-state index in [0.29, 0.717) is 17.5 Å². The molecule has 0 unspecified atom stereocenters. The topological polar surface area (TPSA) is 35.5 Å². The number of alkyl halides is 1. The van der Waals surface area contributed by atoms with Gasteiger partial charge in [0.05, 0.1) is 11.9 Å². The zero-order valence-electron chi connectivity index (χ0n) is 9.40. The predicted molar refractivity (Wildman–Crippen MR) is 66.2 cm³/mol. The number of carbonyl (C=O) groups is 1. The average molecular weight is 287 g/mol. The van der Waals surface area contributed by atoms with Crippen LogP contribution in [0.25, 0.3) is 0 Å². The van der Waals surface area contributed by atoms with E-state index in [1.54, 1.807) is 26.4 Å². The number of benzene rings is 1. The van der Waals surface area contributed by atoms with Crippen molar-refractivity contribution < 1.29 is 14.3 Å². The van der Waals surface area contributed by atoms with Crippen LogP contribution in [-0.2, 0) is 9.47 Å². The first kappa shape index (κ1) is 13.4. The molecule has 0 N–H and O–H groups in total. The summed E-state index contributed by atoms with van der Waals surface area (Å²) >= 11 is 3.14. The highest BCUT2D eigenvalue weighted by Crippen LogP contribution is 2.17. The summed E-state index contributed by atoms with van der Waals surface area (Å²) in [6.07, 6.45) is -0.0851. The van der Waals surface area contributed by atoms with Crippen molar-refractivity contribution >= 4 is 21.7 Å². The fourth-order valence-electron chi connectivity index (χ4n) is 1.41. The zero-order valence-corrected chi connectivity index (χ0v) is 11.0. The van der Waals surface area contributed by atoms with Gasteiger partial charge in [0.15, 0.2) is 5.78 Å². The van der Waals surface area contributed by atoms with Crippen molar-refractivity contribution in [1.82, 2.24) is 0 Å². The van der Waals surface area contributed by atoms with Crippen molar-refractivity contribution in [2.24, 2.45) is 0 Å². The maximum absolute atomic E-state index is 11.4. The molecule has 1 aromatic carbocycles. The van der Waals surface area contributed by atoms with Gasteiger partial charge in [-0.2, -0.15) is 0 Å². The second kappa shape index (κ2) is 6.78. The van der Waals surface area contributed by atoms with Crippen molar-refractivity contribution in [2.75, 3.05) is 26.2 Å². The Morgan fingerprint density at radius 1 is 1.31 bits per heavy atom.